The molecule has 1 aromatic heterocycles. The number of aryl methyl sites for hydroxylation is 1. The lowest BCUT2D eigenvalue weighted by molar-refractivity contribution is 0.0174. The summed E-state index contributed by atoms with van der Waals surface area (Å²) in [5, 5.41) is 10.4. The molecule has 0 amide bonds. The van der Waals surface area contributed by atoms with E-state index in [0.717, 1.165) is 78.5 Å². The Bertz CT molecular complexity index is 1160. The average molecular weight is 498 g/mol. The van der Waals surface area contributed by atoms with Crippen LogP contribution in [-0.4, -0.2) is 22.8 Å². The quantitative estimate of drug-likeness (QED) is 0.286. The summed E-state index contributed by atoms with van der Waals surface area (Å²) >= 11 is 13.1. The van der Waals surface area contributed by atoms with Gasteiger partial charge < -0.3 is 14.6 Å². The van der Waals surface area contributed by atoms with Crippen LogP contribution in [0.2, 0.25) is 10.0 Å². The number of para-hydroxylation sites is 1. The molecule has 0 radical (unpaired) electrons. The first kappa shape index (κ1) is 23.6. The Morgan fingerprint density at radius 1 is 0.971 bits per heavy atom. The molecule has 0 unspecified atom stereocenters. The van der Waals surface area contributed by atoms with Gasteiger partial charge in [-0.05, 0) is 85.9 Å². The first-order valence-corrected chi connectivity index (χ1v) is 12.8. The van der Waals surface area contributed by atoms with Crippen LogP contribution in [0.3, 0.4) is 0 Å². The van der Waals surface area contributed by atoms with E-state index in [1.165, 1.54) is 0 Å². The zero-order valence-electron chi connectivity index (χ0n) is 19.1. The summed E-state index contributed by atoms with van der Waals surface area (Å²) in [6, 6.07) is 14.1. The van der Waals surface area contributed by atoms with Crippen molar-refractivity contribution in [3.8, 4) is 16.9 Å². The predicted molar refractivity (Wildman–Crippen MR) is 136 cm³/mol. The van der Waals surface area contributed by atoms with Crippen molar-refractivity contribution in [3.63, 3.8) is 0 Å². The monoisotopic (exact) mass is 497 g/mol. The number of pyridine rings is 1. The minimum absolute atomic E-state index is 0.187. The molecular formula is C28H29Cl2NO3. The van der Waals surface area contributed by atoms with Crippen LogP contribution in [0, 0.1) is 0 Å². The Hall–Kier alpha value is -2.11. The smallest absolute Gasteiger partial charge is 0.127 e. The SMILES string of the molecule is OCCCCc1cc(Cl)c(COC2(c3cnccc3-c3ccccc3OC3CC3)CC2)cc1Cl. The fourth-order valence-electron chi connectivity index (χ4n) is 4.33. The van der Waals surface area contributed by atoms with Crippen molar-refractivity contribution in [2.45, 2.75) is 63.3 Å². The number of hydrogen-bond acceptors (Lipinski definition) is 4. The van der Waals surface area contributed by atoms with Crippen LogP contribution in [0.15, 0.2) is 54.9 Å². The molecule has 5 rings (SSSR count). The molecule has 2 saturated carbocycles. The van der Waals surface area contributed by atoms with Gasteiger partial charge in [0.05, 0.1) is 18.3 Å². The molecule has 1 N–H and O–H groups in total. The predicted octanol–water partition coefficient (Wildman–Crippen LogP) is 7.12. The number of hydrogen-bond donors (Lipinski definition) is 1. The second kappa shape index (κ2) is 10.2. The zero-order valence-corrected chi connectivity index (χ0v) is 20.6. The number of nitrogens with zero attached hydrogens (tertiary/aromatic N) is 1. The highest BCUT2D eigenvalue weighted by atomic mass is 35.5. The number of ether oxygens (including phenoxy) is 2. The van der Waals surface area contributed by atoms with Gasteiger partial charge >= 0.3 is 0 Å². The molecule has 2 fully saturated rings. The highest BCUT2D eigenvalue weighted by Crippen LogP contribution is 2.53. The molecule has 0 aliphatic heterocycles. The van der Waals surface area contributed by atoms with Crippen LogP contribution in [-0.2, 0) is 23.4 Å². The molecule has 0 saturated heterocycles. The van der Waals surface area contributed by atoms with E-state index in [9.17, 15) is 0 Å². The van der Waals surface area contributed by atoms with Gasteiger partial charge in [-0.15, -0.1) is 0 Å². The van der Waals surface area contributed by atoms with Crippen LogP contribution in [0.1, 0.15) is 55.2 Å². The topological polar surface area (TPSA) is 51.6 Å². The maximum absolute atomic E-state index is 9.02. The number of aliphatic hydroxyl groups is 1. The summed E-state index contributed by atoms with van der Waals surface area (Å²) in [4.78, 5) is 4.43. The number of rotatable bonds is 11. The molecule has 34 heavy (non-hydrogen) atoms. The second-order valence-corrected chi connectivity index (χ2v) is 10.0. The number of unbranched alkanes of at least 4 members (excludes halogenated alkanes) is 1. The van der Waals surface area contributed by atoms with E-state index in [-0.39, 0.29) is 12.2 Å². The Kier molecular flexibility index (Phi) is 7.12. The van der Waals surface area contributed by atoms with Gasteiger partial charge in [0.15, 0.2) is 0 Å². The van der Waals surface area contributed by atoms with E-state index in [1.807, 2.05) is 42.7 Å². The molecule has 4 nitrogen and oxygen atoms in total. The number of halogens is 2. The summed E-state index contributed by atoms with van der Waals surface area (Å²) in [5.41, 5.74) is 4.77. The summed E-state index contributed by atoms with van der Waals surface area (Å²) in [6.45, 7) is 0.566. The second-order valence-electron chi connectivity index (χ2n) is 9.23. The van der Waals surface area contributed by atoms with E-state index in [4.69, 9.17) is 37.8 Å². The minimum atomic E-state index is -0.383. The Labute approximate surface area is 210 Å². The molecule has 0 spiro atoms. The molecular weight excluding hydrogens is 469 g/mol. The molecule has 0 atom stereocenters. The van der Waals surface area contributed by atoms with E-state index in [1.54, 1.807) is 0 Å². The third-order valence-corrected chi connectivity index (χ3v) is 7.29. The largest absolute Gasteiger partial charge is 0.490 e. The molecule has 6 heteroatoms. The molecule has 2 aliphatic rings. The summed E-state index contributed by atoms with van der Waals surface area (Å²) < 4.78 is 12.7. The molecule has 3 aromatic rings. The third kappa shape index (κ3) is 5.26. The normalized spacial score (nSPS) is 16.4. The van der Waals surface area contributed by atoms with Gasteiger partial charge in [0.25, 0.3) is 0 Å². The summed E-state index contributed by atoms with van der Waals surface area (Å²) in [5.74, 6) is 0.917. The van der Waals surface area contributed by atoms with Crippen molar-refractivity contribution >= 4 is 23.2 Å². The van der Waals surface area contributed by atoms with Crippen molar-refractivity contribution in [2.75, 3.05) is 6.61 Å². The molecule has 1 heterocycles. The van der Waals surface area contributed by atoms with Crippen LogP contribution >= 0.6 is 23.2 Å². The lowest BCUT2D eigenvalue weighted by Crippen LogP contribution is -2.14. The van der Waals surface area contributed by atoms with Crippen molar-refractivity contribution in [1.82, 2.24) is 4.98 Å². The van der Waals surface area contributed by atoms with Crippen LogP contribution in [0.4, 0.5) is 0 Å². The first-order chi connectivity index (χ1) is 16.6. The standard InChI is InChI=1S/C28H29Cl2NO3/c29-25-16-20(26(30)15-19(25)5-3-4-14-32)18-33-28(11-12-28)24-17-31-13-10-22(24)23-6-1-2-7-27(23)34-21-8-9-21/h1-2,6-7,10,13,15-17,21,32H,3-5,8-9,11-12,14,18H2. The third-order valence-electron chi connectivity index (χ3n) is 6.58. The van der Waals surface area contributed by atoms with E-state index in [2.05, 4.69) is 17.1 Å². The van der Waals surface area contributed by atoms with Crippen molar-refractivity contribution in [1.29, 1.82) is 0 Å². The van der Waals surface area contributed by atoms with Crippen molar-refractivity contribution < 1.29 is 14.6 Å². The van der Waals surface area contributed by atoms with Gasteiger partial charge in [-0.25, -0.2) is 0 Å². The van der Waals surface area contributed by atoms with E-state index >= 15 is 0 Å². The van der Waals surface area contributed by atoms with Gasteiger partial charge in [0, 0.05) is 40.2 Å². The van der Waals surface area contributed by atoms with Gasteiger partial charge in [-0.2, -0.15) is 0 Å². The van der Waals surface area contributed by atoms with Crippen molar-refractivity contribution in [3.05, 3.63) is 81.6 Å². The maximum atomic E-state index is 9.02. The average Bonchev–Trinajstić information content (AvgIpc) is 3.78. The fraction of sp³-hybridized carbons (Fsp3) is 0.393. The zero-order chi connectivity index (χ0) is 23.5. The Morgan fingerprint density at radius 2 is 1.74 bits per heavy atom. The molecule has 0 bridgehead atoms. The highest BCUT2D eigenvalue weighted by Gasteiger charge is 2.47. The molecule has 178 valence electrons. The van der Waals surface area contributed by atoms with Gasteiger partial charge in [-0.1, -0.05) is 41.4 Å². The minimum Gasteiger partial charge on any atom is -0.490 e. The van der Waals surface area contributed by atoms with Crippen molar-refractivity contribution in [2.24, 2.45) is 0 Å². The number of benzene rings is 2. The van der Waals surface area contributed by atoms with E-state index < -0.39 is 0 Å². The van der Waals surface area contributed by atoms with Gasteiger partial charge in [-0.3, -0.25) is 4.98 Å². The summed E-state index contributed by atoms with van der Waals surface area (Å²) in [6.07, 6.45) is 10.6. The Balaban J connectivity index is 1.36. The van der Waals surface area contributed by atoms with Crippen LogP contribution < -0.4 is 4.74 Å². The summed E-state index contributed by atoms with van der Waals surface area (Å²) in [7, 11) is 0. The lowest BCUT2D eigenvalue weighted by atomic mass is 9.96. The highest BCUT2D eigenvalue weighted by molar-refractivity contribution is 6.34. The fourth-order valence-corrected chi connectivity index (χ4v) is 4.85. The Morgan fingerprint density at radius 3 is 2.50 bits per heavy atom. The van der Waals surface area contributed by atoms with Gasteiger partial charge in [0.1, 0.15) is 5.75 Å². The molecule has 2 aromatic carbocycles. The van der Waals surface area contributed by atoms with Gasteiger partial charge in [0.2, 0.25) is 0 Å². The van der Waals surface area contributed by atoms with Crippen LogP contribution in [0.5, 0.6) is 5.75 Å². The van der Waals surface area contributed by atoms with E-state index in [0.29, 0.717) is 22.8 Å². The van der Waals surface area contributed by atoms with Crippen LogP contribution in [0.25, 0.3) is 11.1 Å². The first-order valence-electron chi connectivity index (χ1n) is 12.0. The number of aromatic nitrogens is 1. The number of aliphatic hydroxyl groups excluding tert-OH is 1. The maximum Gasteiger partial charge on any atom is 0.127 e. The lowest BCUT2D eigenvalue weighted by Gasteiger charge is -2.22. The molecule has 2 aliphatic carbocycles.